The molecule has 2 rings (SSSR count). The first-order valence-corrected chi connectivity index (χ1v) is 11.2. The van der Waals surface area contributed by atoms with Crippen LogP contribution < -0.4 is 5.32 Å². The molecule has 1 saturated heterocycles. The summed E-state index contributed by atoms with van der Waals surface area (Å²) < 4.78 is 45.5. The number of halogens is 2. The van der Waals surface area contributed by atoms with Crippen LogP contribution >= 0.6 is 24.0 Å². The lowest BCUT2D eigenvalue weighted by Gasteiger charge is -2.35. The highest BCUT2D eigenvalue weighted by atomic mass is 127. The molecule has 1 aliphatic heterocycles. The summed E-state index contributed by atoms with van der Waals surface area (Å²) in [5, 5.41) is 3.18. The number of piperazine rings is 1. The first-order chi connectivity index (χ1) is 13.3. The van der Waals surface area contributed by atoms with Crippen LogP contribution in [0.15, 0.2) is 23.3 Å². The van der Waals surface area contributed by atoms with Crippen LogP contribution in [-0.2, 0) is 21.3 Å². The highest BCUT2D eigenvalue weighted by molar-refractivity contribution is 14.0. The molecule has 0 unspecified atom stereocenters. The zero-order valence-corrected chi connectivity index (χ0v) is 20.3. The van der Waals surface area contributed by atoms with Crippen molar-refractivity contribution in [3.8, 4) is 0 Å². The van der Waals surface area contributed by atoms with Crippen molar-refractivity contribution in [1.29, 1.82) is 0 Å². The van der Waals surface area contributed by atoms with E-state index in [1.54, 1.807) is 6.07 Å². The van der Waals surface area contributed by atoms with Gasteiger partial charge in [0.05, 0.1) is 30.7 Å². The fourth-order valence-corrected chi connectivity index (χ4v) is 4.09. The van der Waals surface area contributed by atoms with Crippen molar-refractivity contribution in [2.45, 2.75) is 33.4 Å². The van der Waals surface area contributed by atoms with Gasteiger partial charge >= 0.3 is 0 Å². The maximum Gasteiger partial charge on any atom is 0.216 e. The van der Waals surface area contributed by atoms with Gasteiger partial charge < -0.3 is 15.0 Å². The first kappa shape index (κ1) is 26.0. The molecule has 0 atom stereocenters. The van der Waals surface area contributed by atoms with Crippen molar-refractivity contribution >= 4 is 40.0 Å². The molecule has 0 spiro atoms. The van der Waals surface area contributed by atoms with Gasteiger partial charge in [-0.25, -0.2) is 17.8 Å². The maximum atomic E-state index is 13.8. The third-order valence-corrected chi connectivity index (χ3v) is 6.11. The largest absolute Gasteiger partial charge is 0.378 e. The molecule has 29 heavy (non-hydrogen) atoms. The summed E-state index contributed by atoms with van der Waals surface area (Å²) >= 11 is 0. The van der Waals surface area contributed by atoms with E-state index in [9.17, 15) is 12.8 Å². The molecule has 1 aliphatic rings. The SMILES string of the molecule is CCNC(=NCc1ncccc1F)N1CCN(S(=O)(=O)CCOC(C)C)CC1.I. The number of hydrogen-bond donors (Lipinski definition) is 1. The lowest BCUT2D eigenvalue weighted by Crippen LogP contribution is -2.54. The summed E-state index contributed by atoms with van der Waals surface area (Å²) in [6.45, 7) is 8.48. The Labute approximate surface area is 190 Å². The second-order valence-electron chi connectivity index (χ2n) is 6.72. The van der Waals surface area contributed by atoms with E-state index >= 15 is 0 Å². The van der Waals surface area contributed by atoms with Crippen molar-refractivity contribution in [2.75, 3.05) is 45.1 Å². The first-order valence-electron chi connectivity index (χ1n) is 9.55. The Morgan fingerprint density at radius 1 is 1.34 bits per heavy atom. The van der Waals surface area contributed by atoms with E-state index in [4.69, 9.17) is 4.74 Å². The van der Waals surface area contributed by atoms with E-state index in [0.717, 1.165) is 0 Å². The summed E-state index contributed by atoms with van der Waals surface area (Å²) in [6, 6.07) is 2.90. The number of nitrogens with zero attached hydrogens (tertiary/aromatic N) is 4. The molecule has 0 amide bonds. The molecular formula is C18H31FIN5O3S. The smallest absolute Gasteiger partial charge is 0.216 e. The van der Waals surface area contributed by atoms with Crippen LogP contribution in [-0.4, -0.2) is 79.8 Å². The zero-order valence-electron chi connectivity index (χ0n) is 17.2. The Balaban J connectivity index is 0.00000420. The Hall–Kier alpha value is -1.05. The molecule has 2 heterocycles. The number of guanidine groups is 1. The minimum Gasteiger partial charge on any atom is -0.378 e. The summed E-state index contributed by atoms with van der Waals surface area (Å²) in [7, 11) is -3.34. The average Bonchev–Trinajstić information content (AvgIpc) is 2.66. The third-order valence-electron chi connectivity index (χ3n) is 4.27. The number of pyridine rings is 1. The molecule has 11 heteroatoms. The van der Waals surface area contributed by atoms with Gasteiger partial charge in [0, 0.05) is 38.9 Å². The van der Waals surface area contributed by atoms with Gasteiger partial charge in [-0.3, -0.25) is 4.98 Å². The molecule has 0 bridgehead atoms. The van der Waals surface area contributed by atoms with Crippen molar-refractivity contribution in [2.24, 2.45) is 4.99 Å². The molecule has 1 aromatic rings. The van der Waals surface area contributed by atoms with Gasteiger partial charge in [-0.15, -0.1) is 24.0 Å². The molecule has 0 saturated carbocycles. The van der Waals surface area contributed by atoms with Crippen molar-refractivity contribution < 1.29 is 17.5 Å². The third kappa shape index (κ3) is 8.30. The van der Waals surface area contributed by atoms with Crippen LogP contribution in [0.2, 0.25) is 0 Å². The van der Waals surface area contributed by atoms with E-state index in [2.05, 4.69) is 15.3 Å². The minimum atomic E-state index is -3.34. The molecule has 0 aliphatic carbocycles. The van der Waals surface area contributed by atoms with Gasteiger partial charge in [0.2, 0.25) is 10.0 Å². The number of ether oxygens (including phenoxy) is 1. The van der Waals surface area contributed by atoms with Crippen LogP contribution in [0.1, 0.15) is 26.5 Å². The van der Waals surface area contributed by atoms with E-state index in [1.807, 2.05) is 25.7 Å². The summed E-state index contributed by atoms with van der Waals surface area (Å²) in [5.41, 5.74) is 0.282. The second-order valence-corrected chi connectivity index (χ2v) is 8.81. The number of nitrogens with one attached hydrogen (secondary N) is 1. The van der Waals surface area contributed by atoms with E-state index in [1.165, 1.54) is 16.6 Å². The number of aromatic nitrogens is 1. The summed E-state index contributed by atoms with van der Waals surface area (Å²) in [6.07, 6.45) is 1.54. The molecular weight excluding hydrogens is 512 g/mol. The van der Waals surface area contributed by atoms with Gasteiger partial charge in [0.15, 0.2) is 5.96 Å². The average molecular weight is 543 g/mol. The van der Waals surface area contributed by atoms with Crippen LogP contribution in [0.3, 0.4) is 0 Å². The fraction of sp³-hybridized carbons (Fsp3) is 0.667. The molecule has 166 valence electrons. The van der Waals surface area contributed by atoms with Gasteiger partial charge in [-0.05, 0) is 32.9 Å². The Morgan fingerprint density at radius 3 is 2.62 bits per heavy atom. The quantitative estimate of drug-likeness (QED) is 0.305. The van der Waals surface area contributed by atoms with Gasteiger partial charge in [0.1, 0.15) is 5.82 Å². The maximum absolute atomic E-state index is 13.8. The molecule has 1 fully saturated rings. The van der Waals surface area contributed by atoms with Crippen molar-refractivity contribution in [3.63, 3.8) is 0 Å². The lowest BCUT2D eigenvalue weighted by molar-refractivity contribution is 0.0904. The van der Waals surface area contributed by atoms with Crippen LogP contribution in [0.5, 0.6) is 0 Å². The van der Waals surface area contributed by atoms with E-state index in [-0.39, 0.29) is 60.5 Å². The Kier molecular flexibility index (Phi) is 11.3. The number of rotatable bonds is 8. The predicted octanol–water partition coefficient (Wildman–Crippen LogP) is 1.68. The number of hydrogen-bond acceptors (Lipinski definition) is 5. The predicted molar refractivity (Wildman–Crippen MR) is 122 cm³/mol. The van der Waals surface area contributed by atoms with Gasteiger partial charge in [-0.2, -0.15) is 4.31 Å². The van der Waals surface area contributed by atoms with Crippen molar-refractivity contribution in [3.05, 3.63) is 29.8 Å². The van der Waals surface area contributed by atoms with Gasteiger partial charge in [-0.1, -0.05) is 0 Å². The van der Waals surface area contributed by atoms with Crippen LogP contribution in [0, 0.1) is 5.82 Å². The monoisotopic (exact) mass is 543 g/mol. The van der Waals surface area contributed by atoms with E-state index < -0.39 is 10.0 Å². The van der Waals surface area contributed by atoms with Gasteiger partial charge in [0.25, 0.3) is 0 Å². The lowest BCUT2D eigenvalue weighted by atomic mass is 10.3. The minimum absolute atomic E-state index is 0. The van der Waals surface area contributed by atoms with Crippen molar-refractivity contribution in [1.82, 2.24) is 19.5 Å². The zero-order chi connectivity index (χ0) is 20.6. The fourth-order valence-electron chi connectivity index (χ4n) is 2.81. The van der Waals surface area contributed by atoms with Crippen LogP contribution in [0.4, 0.5) is 4.39 Å². The normalized spacial score (nSPS) is 16.0. The van der Waals surface area contributed by atoms with E-state index in [0.29, 0.717) is 38.7 Å². The summed E-state index contributed by atoms with van der Waals surface area (Å²) in [5.74, 6) is 0.229. The summed E-state index contributed by atoms with van der Waals surface area (Å²) in [4.78, 5) is 10.5. The highest BCUT2D eigenvalue weighted by Crippen LogP contribution is 2.10. The second kappa shape index (κ2) is 12.6. The molecule has 0 aromatic carbocycles. The number of aliphatic imine (C=N–C) groups is 1. The topological polar surface area (TPSA) is 87.1 Å². The standard InChI is InChI=1S/C18H30FN5O3S.HI/c1-4-20-18(22-14-17-16(19)6-5-7-21-17)23-8-10-24(11-9-23)28(25,26)13-12-27-15(2)3;/h5-7,15H,4,8-14H2,1-3H3,(H,20,22);1H. The highest BCUT2D eigenvalue weighted by Gasteiger charge is 2.28. The Bertz CT molecular complexity index is 756. The van der Waals surface area contributed by atoms with Crippen LogP contribution in [0.25, 0.3) is 0 Å². The molecule has 1 N–H and O–H groups in total. The molecule has 0 radical (unpaired) electrons. The molecule has 8 nitrogen and oxygen atoms in total. The Morgan fingerprint density at radius 2 is 2.03 bits per heavy atom. The molecule has 1 aromatic heterocycles. The number of sulfonamides is 1.